The minimum absolute atomic E-state index is 0.0160. The molecule has 5 rings (SSSR count). The Morgan fingerprint density at radius 1 is 1.39 bits per heavy atom. The third-order valence-electron chi connectivity index (χ3n) is 6.34. The van der Waals surface area contributed by atoms with Gasteiger partial charge in [-0.2, -0.15) is 0 Å². The molecule has 0 radical (unpaired) electrons. The summed E-state index contributed by atoms with van der Waals surface area (Å²) in [7, 11) is 0. The topological polar surface area (TPSA) is 63.7 Å². The maximum atomic E-state index is 12.3. The van der Waals surface area contributed by atoms with E-state index in [1.165, 1.54) is 0 Å². The normalized spacial score (nSPS) is 31.1. The van der Waals surface area contributed by atoms with Crippen molar-refractivity contribution >= 4 is 17.2 Å². The summed E-state index contributed by atoms with van der Waals surface area (Å²) >= 11 is 1.71. The second kappa shape index (κ2) is 7.46. The maximum absolute atomic E-state index is 12.3. The fourth-order valence-electron chi connectivity index (χ4n) is 5.15. The Balaban J connectivity index is 1.15. The molecule has 0 saturated carbocycles. The van der Waals surface area contributed by atoms with E-state index in [1.54, 1.807) is 11.3 Å². The van der Waals surface area contributed by atoms with Gasteiger partial charge in [0.2, 0.25) is 0 Å². The van der Waals surface area contributed by atoms with Crippen molar-refractivity contribution < 1.29 is 14.3 Å². The van der Waals surface area contributed by atoms with Crippen LogP contribution in [-0.2, 0) is 16.1 Å². The quantitative estimate of drug-likeness (QED) is 0.774. The molecule has 3 saturated heterocycles. The van der Waals surface area contributed by atoms with Crippen molar-refractivity contribution in [2.45, 2.75) is 31.1 Å². The summed E-state index contributed by atoms with van der Waals surface area (Å²) in [6.45, 7) is 3.62. The van der Waals surface area contributed by atoms with Gasteiger partial charge < -0.3 is 14.8 Å². The van der Waals surface area contributed by atoms with Crippen molar-refractivity contribution in [2.75, 3.05) is 26.2 Å². The number of hydrogen-bond acceptors (Lipinski definition) is 6. The summed E-state index contributed by atoms with van der Waals surface area (Å²) < 4.78 is 12.0. The van der Waals surface area contributed by atoms with Gasteiger partial charge >= 0.3 is 0 Å². The molecule has 2 aromatic rings. The SMILES string of the molecule is O=C(COc1ccccc1)NC[C@H]1[C@H]2CN(Cc3nccs3)C[C@]23CC[C@H]1O3. The first kappa shape index (κ1) is 18.1. The molecule has 7 heteroatoms. The van der Waals surface area contributed by atoms with Crippen LogP contribution in [0.4, 0.5) is 0 Å². The van der Waals surface area contributed by atoms with Crippen molar-refractivity contribution in [3.05, 3.63) is 46.9 Å². The first-order valence-corrected chi connectivity index (χ1v) is 10.8. The minimum Gasteiger partial charge on any atom is -0.484 e. The number of carbonyl (C=O) groups excluding carboxylic acids is 1. The summed E-state index contributed by atoms with van der Waals surface area (Å²) in [5, 5.41) is 6.27. The lowest BCUT2D eigenvalue weighted by atomic mass is 9.73. The van der Waals surface area contributed by atoms with Gasteiger partial charge in [-0.15, -0.1) is 11.3 Å². The fourth-order valence-corrected chi connectivity index (χ4v) is 5.81. The maximum Gasteiger partial charge on any atom is 0.257 e. The van der Waals surface area contributed by atoms with E-state index in [0.29, 0.717) is 24.1 Å². The van der Waals surface area contributed by atoms with Crippen molar-refractivity contribution in [1.29, 1.82) is 0 Å². The molecule has 1 aromatic carbocycles. The van der Waals surface area contributed by atoms with E-state index >= 15 is 0 Å². The number of nitrogens with one attached hydrogen (secondary N) is 1. The molecule has 6 nitrogen and oxygen atoms in total. The molecule has 4 atom stereocenters. The summed E-state index contributed by atoms with van der Waals surface area (Å²) in [4.78, 5) is 19.1. The lowest BCUT2D eigenvalue weighted by Crippen LogP contribution is -2.42. The molecule has 28 heavy (non-hydrogen) atoms. The van der Waals surface area contributed by atoms with E-state index in [2.05, 4.69) is 15.2 Å². The molecule has 3 fully saturated rings. The summed E-state index contributed by atoms with van der Waals surface area (Å²) in [5.41, 5.74) is -0.0160. The Morgan fingerprint density at radius 2 is 2.29 bits per heavy atom. The average Bonchev–Trinajstić information content (AvgIpc) is 3.47. The fraction of sp³-hybridized carbons (Fsp3) is 0.524. The van der Waals surface area contributed by atoms with Crippen LogP contribution in [0.3, 0.4) is 0 Å². The smallest absolute Gasteiger partial charge is 0.257 e. The molecule has 148 valence electrons. The number of likely N-dealkylation sites (tertiary alicyclic amines) is 1. The number of para-hydroxylation sites is 1. The molecular formula is C21H25N3O3S. The monoisotopic (exact) mass is 399 g/mol. The standard InChI is InChI=1S/C21H25N3O3S/c25-19(13-26-15-4-2-1-3-5-15)23-10-16-17-11-24(12-20-22-8-9-28-20)14-21(17)7-6-18(16)27-21/h1-5,8-9,16-18H,6-7,10-14H2,(H,23,25)/t16-,17+,18+,21+/m0/s1. The lowest BCUT2D eigenvalue weighted by Gasteiger charge is -2.29. The van der Waals surface area contributed by atoms with Crippen LogP contribution in [0.2, 0.25) is 0 Å². The molecule has 1 N–H and O–H groups in total. The first-order chi connectivity index (χ1) is 13.7. The molecule has 3 aliphatic heterocycles. The van der Waals surface area contributed by atoms with E-state index in [4.69, 9.17) is 9.47 Å². The zero-order valence-electron chi connectivity index (χ0n) is 15.8. The number of rotatable bonds is 7. The van der Waals surface area contributed by atoms with E-state index in [0.717, 1.165) is 37.5 Å². The second-order valence-corrected chi connectivity index (χ2v) is 9.01. The van der Waals surface area contributed by atoms with Crippen LogP contribution in [-0.4, -0.2) is 53.7 Å². The van der Waals surface area contributed by atoms with E-state index in [-0.39, 0.29) is 24.2 Å². The van der Waals surface area contributed by atoms with E-state index in [9.17, 15) is 4.79 Å². The van der Waals surface area contributed by atoms with Crippen LogP contribution in [0.5, 0.6) is 5.75 Å². The number of nitrogens with zero attached hydrogens (tertiary/aromatic N) is 2. The van der Waals surface area contributed by atoms with Gasteiger partial charge in [0.1, 0.15) is 10.8 Å². The molecule has 1 spiro atoms. The van der Waals surface area contributed by atoms with Gasteiger partial charge in [0.25, 0.3) is 5.91 Å². The van der Waals surface area contributed by atoms with Gasteiger partial charge in [-0.25, -0.2) is 4.98 Å². The van der Waals surface area contributed by atoms with Crippen LogP contribution in [0.15, 0.2) is 41.9 Å². The van der Waals surface area contributed by atoms with Crippen LogP contribution >= 0.6 is 11.3 Å². The number of aromatic nitrogens is 1. The van der Waals surface area contributed by atoms with Crippen molar-refractivity contribution in [2.24, 2.45) is 11.8 Å². The Morgan fingerprint density at radius 3 is 3.11 bits per heavy atom. The predicted molar refractivity (Wildman–Crippen MR) is 106 cm³/mol. The van der Waals surface area contributed by atoms with Gasteiger partial charge in [-0.3, -0.25) is 9.69 Å². The number of amides is 1. The summed E-state index contributed by atoms with van der Waals surface area (Å²) in [6.07, 6.45) is 4.39. The van der Waals surface area contributed by atoms with Gasteiger partial charge in [0.05, 0.1) is 18.2 Å². The summed E-state index contributed by atoms with van der Waals surface area (Å²) in [5.74, 6) is 1.52. The molecule has 1 amide bonds. The second-order valence-electron chi connectivity index (χ2n) is 8.03. The van der Waals surface area contributed by atoms with Gasteiger partial charge in [0, 0.05) is 43.0 Å². The molecular weight excluding hydrogens is 374 g/mol. The number of thiazole rings is 1. The predicted octanol–water partition coefficient (Wildman–Crippen LogP) is 2.32. The Hall–Kier alpha value is -1.96. The minimum atomic E-state index is -0.0710. The van der Waals surface area contributed by atoms with Crippen molar-refractivity contribution in [1.82, 2.24) is 15.2 Å². The zero-order valence-corrected chi connectivity index (χ0v) is 16.6. The Labute approximate surface area is 168 Å². The zero-order chi connectivity index (χ0) is 19.0. The number of fused-ring (bicyclic) bond motifs is 1. The average molecular weight is 400 g/mol. The number of hydrogen-bond donors (Lipinski definition) is 1. The van der Waals surface area contributed by atoms with Crippen LogP contribution in [0.25, 0.3) is 0 Å². The molecule has 0 aliphatic carbocycles. The summed E-state index contributed by atoms with van der Waals surface area (Å²) in [6, 6.07) is 9.44. The van der Waals surface area contributed by atoms with Crippen LogP contribution in [0.1, 0.15) is 17.8 Å². The molecule has 4 heterocycles. The van der Waals surface area contributed by atoms with Gasteiger partial charge in [-0.1, -0.05) is 18.2 Å². The van der Waals surface area contributed by atoms with Crippen LogP contribution < -0.4 is 10.1 Å². The van der Waals surface area contributed by atoms with Gasteiger partial charge in [-0.05, 0) is 25.0 Å². The van der Waals surface area contributed by atoms with Crippen molar-refractivity contribution in [3.8, 4) is 5.75 Å². The van der Waals surface area contributed by atoms with Gasteiger partial charge in [0.15, 0.2) is 6.61 Å². The number of benzene rings is 1. The number of ether oxygens (including phenoxy) is 2. The Bertz CT molecular complexity index is 816. The number of carbonyl (C=O) groups is 1. The van der Waals surface area contributed by atoms with E-state index < -0.39 is 0 Å². The first-order valence-electron chi connectivity index (χ1n) is 9.95. The third kappa shape index (κ3) is 3.43. The van der Waals surface area contributed by atoms with E-state index in [1.807, 2.05) is 41.9 Å². The largest absolute Gasteiger partial charge is 0.484 e. The molecule has 1 aromatic heterocycles. The highest BCUT2D eigenvalue weighted by Gasteiger charge is 2.62. The lowest BCUT2D eigenvalue weighted by molar-refractivity contribution is -0.123. The molecule has 3 aliphatic rings. The van der Waals surface area contributed by atoms with Crippen molar-refractivity contribution in [3.63, 3.8) is 0 Å². The molecule has 0 unspecified atom stereocenters. The Kier molecular flexibility index (Phi) is 4.82. The highest BCUT2D eigenvalue weighted by Crippen LogP contribution is 2.54. The highest BCUT2D eigenvalue weighted by atomic mass is 32.1. The van der Waals surface area contributed by atoms with Crippen LogP contribution in [0, 0.1) is 11.8 Å². The third-order valence-corrected chi connectivity index (χ3v) is 7.11. The highest BCUT2D eigenvalue weighted by molar-refractivity contribution is 7.09. The molecule has 2 bridgehead atoms.